The van der Waals surface area contributed by atoms with Crippen LogP contribution in [0, 0.1) is 22.7 Å². The summed E-state index contributed by atoms with van der Waals surface area (Å²) in [5, 5.41) is 20.4. The normalized spacial score (nSPS) is 10.9. The van der Waals surface area contributed by atoms with E-state index in [0.717, 1.165) is 44.2 Å². The number of rotatable bonds is 4. The number of hydrogen-bond acceptors (Lipinski definition) is 7. The number of nitriles is 2. The predicted molar refractivity (Wildman–Crippen MR) is 156 cm³/mol. The summed E-state index contributed by atoms with van der Waals surface area (Å²) < 4.78 is 6.13. The van der Waals surface area contributed by atoms with Gasteiger partial charge >= 0.3 is 0 Å². The molecule has 0 aliphatic heterocycles. The number of aromatic nitrogens is 4. The van der Waals surface area contributed by atoms with Crippen molar-refractivity contribution in [1.29, 1.82) is 10.5 Å². The van der Waals surface area contributed by atoms with E-state index in [9.17, 15) is 10.5 Å². The first-order valence-electron chi connectivity index (χ1n) is 12.8. The molecule has 7 aromatic rings. The van der Waals surface area contributed by atoms with Crippen molar-refractivity contribution >= 4 is 21.9 Å². The Balaban J connectivity index is 1.22. The topological polar surface area (TPSA) is 112 Å². The van der Waals surface area contributed by atoms with Crippen LogP contribution in [0.4, 0.5) is 0 Å². The molecule has 0 aliphatic carbocycles. The highest BCUT2D eigenvalue weighted by Gasteiger charge is 2.12. The van der Waals surface area contributed by atoms with E-state index in [4.69, 9.17) is 4.42 Å². The minimum absolute atomic E-state index is 0.548. The van der Waals surface area contributed by atoms with Crippen molar-refractivity contribution in [2.45, 2.75) is 0 Å². The fraction of sp³-hybridized carbons (Fsp3) is 0. The standard InChI is InChI=1S/C34H18N6O/c35-17-21-9-11-37-31(13-21)29-5-1-25(19-39-29)23-3-7-33-27(15-23)28-16-24(4-8-34(28)41-33)26-2-6-30(40-20-26)32-14-22(18-36)10-12-38-32/h1-16,19-20H. The summed E-state index contributed by atoms with van der Waals surface area (Å²) in [6.07, 6.45) is 6.87. The summed E-state index contributed by atoms with van der Waals surface area (Å²) in [5.74, 6) is 0. The molecule has 0 aliphatic rings. The largest absolute Gasteiger partial charge is 0.456 e. The highest BCUT2D eigenvalue weighted by molar-refractivity contribution is 6.07. The number of fused-ring (bicyclic) bond motifs is 3. The van der Waals surface area contributed by atoms with Gasteiger partial charge in [0, 0.05) is 46.7 Å². The molecule has 190 valence electrons. The molecule has 0 fully saturated rings. The van der Waals surface area contributed by atoms with Crippen LogP contribution in [0.15, 0.2) is 114 Å². The maximum Gasteiger partial charge on any atom is 0.135 e. The van der Waals surface area contributed by atoms with Crippen LogP contribution in [0.3, 0.4) is 0 Å². The Kier molecular flexibility index (Phi) is 5.74. The number of hydrogen-bond donors (Lipinski definition) is 0. The number of furan rings is 1. The van der Waals surface area contributed by atoms with E-state index in [1.54, 1.807) is 36.7 Å². The van der Waals surface area contributed by atoms with Gasteiger partial charge in [-0.1, -0.05) is 24.3 Å². The van der Waals surface area contributed by atoms with E-state index in [-0.39, 0.29) is 0 Å². The highest BCUT2D eigenvalue weighted by atomic mass is 16.3. The van der Waals surface area contributed by atoms with E-state index in [2.05, 4.69) is 44.2 Å². The lowest BCUT2D eigenvalue weighted by Crippen LogP contribution is -1.89. The Morgan fingerprint density at radius 3 is 1.34 bits per heavy atom. The van der Waals surface area contributed by atoms with Gasteiger partial charge in [-0.2, -0.15) is 10.5 Å². The van der Waals surface area contributed by atoms with E-state index >= 15 is 0 Å². The van der Waals surface area contributed by atoms with Gasteiger partial charge in [0.2, 0.25) is 0 Å². The van der Waals surface area contributed by atoms with Crippen molar-refractivity contribution in [2.24, 2.45) is 0 Å². The molecule has 0 bridgehead atoms. The van der Waals surface area contributed by atoms with Crippen molar-refractivity contribution < 1.29 is 4.42 Å². The maximum absolute atomic E-state index is 9.18. The molecule has 0 amide bonds. The first-order valence-corrected chi connectivity index (χ1v) is 12.8. The molecule has 0 saturated carbocycles. The third kappa shape index (κ3) is 4.44. The van der Waals surface area contributed by atoms with Crippen LogP contribution >= 0.6 is 0 Å². The van der Waals surface area contributed by atoms with Crippen LogP contribution in [0.25, 0.3) is 67.0 Å². The fourth-order valence-electron chi connectivity index (χ4n) is 4.85. The summed E-state index contributed by atoms with van der Waals surface area (Å²) in [6.45, 7) is 0. The Bertz CT molecular complexity index is 2010. The van der Waals surface area contributed by atoms with Gasteiger partial charge < -0.3 is 4.42 Å². The zero-order valence-corrected chi connectivity index (χ0v) is 21.5. The Morgan fingerprint density at radius 2 is 0.927 bits per heavy atom. The molecule has 5 heterocycles. The molecule has 0 atom stereocenters. The molecule has 2 aromatic carbocycles. The highest BCUT2D eigenvalue weighted by Crippen LogP contribution is 2.35. The monoisotopic (exact) mass is 526 g/mol. The van der Waals surface area contributed by atoms with Crippen LogP contribution in [-0.4, -0.2) is 19.9 Å². The summed E-state index contributed by atoms with van der Waals surface area (Å²) >= 11 is 0. The molecule has 7 rings (SSSR count). The van der Waals surface area contributed by atoms with Crippen LogP contribution in [0.2, 0.25) is 0 Å². The second kappa shape index (κ2) is 9.85. The van der Waals surface area contributed by atoms with Gasteiger partial charge in [0.05, 0.1) is 46.0 Å². The number of benzene rings is 2. The predicted octanol–water partition coefficient (Wildman–Crippen LogP) is 7.58. The summed E-state index contributed by atoms with van der Waals surface area (Å²) in [5.41, 5.74) is 9.40. The Hall–Kier alpha value is -6.18. The lowest BCUT2D eigenvalue weighted by atomic mass is 10.0. The van der Waals surface area contributed by atoms with Crippen molar-refractivity contribution in [3.63, 3.8) is 0 Å². The Labute approximate surface area is 234 Å². The summed E-state index contributed by atoms with van der Waals surface area (Å²) in [6, 6.07) is 31.2. The molecule has 0 radical (unpaired) electrons. The second-order valence-electron chi connectivity index (χ2n) is 9.47. The van der Waals surface area contributed by atoms with Crippen LogP contribution in [0.1, 0.15) is 11.1 Å². The van der Waals surface area contributed by atoms with Crippen molar-refractivity contribution in [1.82, 2.24) is 19.9 Å². The molecule has 41 heavy (non-hydrogen) atoms. The van der Waals surface area contributed by atoms with Crippen molar-refractivity contribution in [2.75, 3.05) is 0 Å². The minimum atomic E-state index is 0.548. The van der Waals surface area contributed by atoms with E-state index in [0.29, 0.717) is 33.9 Å². The zero-order valence-electron chi connectivity index (χ0n) is 21.5. The molecular formula is C34H18N6O. The van der Waals surface area contributed by atoms with E-state index in [1.165, 1.54) is 0 Å². The first kappa shape index (κ1) is 23.9. The van der Waals surface area contributed by atoms with Gasteiger partial charge in [-0.05, 0) is 71.8 Å². The van der Waals surface area contributed by atoms with Gasteiger partial charge in [0.25, 0.3) is 0 Å². The molecule has 5 aromatic heterocycles. The van der Waals surface area contributed by atoms with Crippen LogP contribution in [0.5, 0.6) is 0 Å². The average Bonchev–Trinajstić information content (AvgIpc) is 3.42. The van der Waals surface area contributed by atoms with Gasteiger partial charge in [-0.25, -0.2) is 0 Å². The van der Waals surface area contributed by atoms with Gasteiger partial charge in [0.1, 0.15) is 11.2 Å². The molecule has 0 unspecified atom stereocenters. The molecular weight excluding hydrogens is 508 g/mol. The van der Waals surface area contributed by atoms with E-state index < -0.39 is 0 Å². The lowest BCUT2D eigenvalue weighted by molar-refractivity contribution is 0.669. The molecule has 0 spiro atoms. The van der Waals surface area contributed by atoms with Gasteiger partial charge in [-0.3, -0.25) is 19.9 Å². The first-order chi connectivity index (χ1) is 20.2. The Morgan fingerprint density at radius 1 is 0.463 bits per heavy atom. The quantitative estimate of drug-likeness (QED) is 0.232. The maximum atomic E-state index is 9.18. The molecule has 0 saturated heterocycles. The second-order valence-corrected chi connectivity index (χ2v) is 9.47. The summed E-state index contributed by atoms with van der Waals surface area (Å²) in [7, 11) is 0. The number of pyridine rings is 4. The smallest absolute Gasteiger partial charge is 0.135 e. The van der Waals surface area contributed by atoms with Gasteiger partial charge in [-0.15, -0.1) is 0 Å². The third-order valence-corrected chi connectivity index (χ3v) is 6.97. The lowest BCUT2D eigenvalue weighted by Gasteiger charge is -2.05. The van der Waals surface area contributed by atoms with E-state index in [1.807, 2.05) is 60.9 Å². The zero-order chi connectivity index (χ0) is 27.8. The fourth-order valence-corrected chi connectivity index (χ4v) is 4.85. The molecule has 0 N–H and O–H groups in total. The minimum Gasteiger partial charge on any atom is -0.456 e. The molecule has 7 nitrogen and oxygen atoms in total. The van der Waals surface area contributed by atoms with Gasteiger partial charge in [0.15, 0.2) is 0 Å². The molecule has 7 heteroatoms. The summed E-state index contributed by atoms with van der Waals surface area (Å²) in [4.78, 5) is 17.9. The average molecular weight is 527 g/mol. The number of nitrogens with zero attached hydrogens (tertiary/aromatic N) is 6. The SMILES string of the molecule is N#Cc1ccnc(-c2ccc(-c3ccc4oc5ccc(-c6ccc(-c7cc(C#N)ccn7)nc6)cc5c4c3)cn2)c1. The van der Waals surface area contributed by atoms with Crippen LogP contribution in [-0.2, 0) is 0 Å². The third-order valence-electron chi connectivity index (χ3n) is 6.97. The van der Waals surface area contributed by atoms with Crippen molar-refractivity contribution in [3.8, 4) is 57.2 Å². The van der Waals surface area contributed by atoms with Crippen LogP contribution < -0.4 is 0 Å². The van der Waals surface area contributed by atoms with Crippen molar-refractivity contribution in [3.05, 3.63) is 121 Å².